The predicted molar refractivity (Wildman–Crippen MR) is 81.8 cm³/mol. The van der Waals surface area contributed by atoms with E-state index in [-0.39, 0.29) is 6.54 Å². The van der Waals surface area contributed by atoms with E-state index in [1.807, 2.05) is 22.6 Å². The molecule has 3 amide bonds. The lowest BCUT2D eigenvalue weighted by atomic mass is 10.3. The summed E-state index contributed by atoms with van der Waals surface area (Å²) >= 11 is 7.79. The smallest absolute Gasteiger partial charge is 0.322 e. The molecule has 1 aromatic rings. The highest BCUT2D eigenvalue weighted by Crippen LogP contribution is 2.21. The van der Waals surface area contributed by atoms with E-state index in [1.54, 1.807) is 18.2 Å². The first-order valence-corrected chi connectivity index (χ1v) is 6.82. The van der Waals surface area contributed by atoms with Crippen LogP contribution in [0.25, 0.3) is 0 Å². The van der Waals surface area contributed by atoms with Gasteiger partial charge in [0.15, 0.2) is 0 Å². The molecule has 0 unspecified atom stereocenters. The molecule has 4 N–H and O–H groups in total. The van der Waals surface area contributed by atoms with E-state index in [4.69, 9.17) is 16.7 Å². The normalized spacial score (nSPS) is 9.70. The van der Waals surface area contributed by atoms with Crippen LogP contribution in [0.5, 0.6) is 0 Å². The molecule has 0 radical (unpaired) electrons. The Balaban J connectivity index is 2.40. The molecule has 9 heteroatoms. The molecule has 20 heavy (non-hydrogen) atoms. The fraction of sp³-hybridized carbons (Fsp3) is 0.182. The van der Waals surface area contributed by atoms with Crippen LogP contribution >= 0.6 is 34.2 Å². The number of carbonyl (C=O) groups excluding carboxylic acids is 2. The number of aliphatic carboxylic acids is 1. The van der Waals surface area contributed by atoms with Gasteiger partial charge in [-0.1, -0.05) is 11.6 Å². The SMILES string of the molecule is O=C(O)CNC(=O)CNC(=O)Nc1ccc(Cl)cc1I. The third kappa shape index (κ3) is 6.06. The second-order valence-corrected chi connectivity index (χ2v) is 5.20. The summed E-state index contributed by atoms with van der Waals surface area (Å²) in [6.45, 7) is -0.805. The molecule has 0 aliphatic carbocycles. The number of carboxylic acid groups (broad SMARTS) is 1. The van der Waals surface area contributed by atoms with E-state index in [9.17, 15) is 14.4 Å². The number of rotatable bonds is 5. The summed E-state index contributed by atoms with van der Waals surface area (Å²) in [6.07, 6.45) is 0. The molecule has 108 valence electrons. The fourth-order valence-electron chi connectivity index (χ4n) is 1.15. The largest absolute Gasteiger partial charge is 0.480 e. The average molecular weight is 412 g/mol. The Morgan fingerprint density at radius 1 is 1.20 bits per heavy atom. The number of benzene rings is 1. The van der Waals surface area contributed by atoms with Crippen molar-refractivity contribution in [1.82, 2.24) is 10.6 Å². The van der Waals surface area contributed by atoms with Gasteiger partial charge in [0.2, 0.25) is 5.91 Å². The Labute approximate surface area is 133 Å². The Bertz CT molecular complexity index is 538. The van der Waals surface area contributed by atoms with E-state index in [0.29, 0.717) is 10.7 Å². The number of amides is 3. The fourth-order valence-corrected chi connectivity index (χ4v) is 2.16. The molecule has 0 aromatic heterocycles. The zero-order valence-electron chi connectivity index (χ0n) is 10.1. The minimum Gasteiger partial charge on any atom is -0.480 e. The molecule has 0 saturated carbocycles. The van der Waals surface area contributed by atoms with Crippen molar-refractivity contribution in [3.8, 4) is 0 Å². The number of carboxylic acids is 1. The maximum absolute atomic E-state index is 11.5. The van der Waals surface area contributed by atoms with Crippen LogP contribution in [0.3, 0.4) is 0 Å². The van der Waals surface area contributed by atoms with Crippen molar-refractivity contribution < 1.29 is 19.5 Å². The van der Waals surface area contributed by atoms with Crippen molar-refractivity contribution in [2.24, 2.45) is 0 Å². The highest BCUT2D eigenvalue weighted by atomic mass is 127. The third-order valence-electron chi connectivity index (χ3n) is 2.03. The van der Waals surface area contributed by atoms with Gasteiger partial charge in [-0.3, -0.25) is 9.59 Å². The molecule has 0 bridgehead atoms. The van der Waals surface area contributed by atoms with Crippen LogP contribution in [-0.4, -0.2) is 36.1 Å². The molecule has 7 nitrogen and oxygen atoms in total. The second-order valence-electron chi connectivity index (χ2n) is 3.60. The molecule has 0 atom stereocenters. The van der Waals surface area contributed by atoms with Crippen molar-refractivity contribution in [2.45, 2.75) is 0 Å². The first-order chi connectivity index (χ1) is 9.38. The second kappa shape index (κ2) is 7.90. The molecule has 0 saturated heterocycles. The number of hydrogen-bond acceptors (Lipinski definition) is 3. The molecule has 0 aliphatic heterocycles. The first kappa shape index (κ1) is 16.5. The Morgan fingerprint density at radius 3 is 2.50 bits per heavy atom. The Hall–Kier alpha value is -1.55. The molecule has 0 spiro atoms. The Morgan fingerprint density at radius 2 is 1.90 bits per heavy atom. The van der Waals surface area contributed by atoms with E-state index < -0.39 is 24.5 Å². The van der Waals surface area contributed by atoms with Crippen molar-refractivity contribution in [3.05, 3.63) is 26.8 Å². The summed E-state index contributed by atoms with van der Waals surface area (Å²) in [6, 6.07) is 4.36. The van der Waals surface area contributed by atoms with Crippen LogP contribution in [-0.2, 0) is 9.59 Å². The topological polar surface area (TPSA) is 108 Å². The third-order valence-corrected chi connectivity index (χ3v) is 3.15. The maximum atomic E-state index is 11.5. The van der Waals surface area contributed by atoms with E-state index in [1.165, 1.54) is 0 Å². The zero-order valence-corrected chi connectivity index (χ0v) is 13.0. The number of anilines is 1. The summed E-state index contributed by atoms with van der Waals surface area (Å²) in [5, 5.41) is 15.9. The number of nitrogens with one attached hydrogen (secondary N) is 3. The van der Waals surface area contributed by atoms with Crippen LogP contribution in [0.2, 0.25) is 5.02 Å². The van der Waals surface area contributed by atoms with Gasteiger partial charge in [0.1, 0.15) is 6.54 Å². The predicted octanol–water partition coefficient (Wildman–Crippen LogP) is 1.27. The number of urea groups is 1. The van der Waals surface area contributed by atoms with E-state index in [2.05, 4.69) is 16.0 Å². The van der Waals surface area contributed by atoms with Gasteiger partial charge in [-0.15, -0.1) is 0 Å². The van der Waals surface area contributed by atoms with Crippen LogP contribution in [0.15, 0.2) is 18.2 Å². The lowest BCUT2D eigenvalue weighted by molar-refractivity contribution is -0.137. The van der Waals surface area contributed by atoms with E-state index in [0.717, 1.165) is 3.57 Å². The summed E-state index contributed by atoms with van der Waals surface area (Å²) in [5.41, 5.74) is 0.554. The number of carbonyl (C=O) groups is 3. The van der Waals surface area contributed by atoms with Crippen LogP contribution in [0.4, 0.5) is 10.5 Å². The van der Waals surface area contributed by atoms with Gasteiger partial charge in [0.05, 0.1) is 12.2 Å². The quantitative estimate of drug-likeness (QED) is 0.547. The maximum Gasteiger partial charge on any atom is 0.322 e. The van der Waals surface area contributed by atoms with Crippen molar-refractivity contribution >= 4 is 57.8 Å². The average Bonchev–Trinajstić information content (AvgIpc) is 2.37. The van der Waals surface area contributed by atoms with Crippen molar-refractivity contribution in [3.63, 3.8) is 0 Å². The minimum atomic E-state index is -1.15. The molecule has 1 aromatic carbocycles. The monoisotopic (exact) mass is 411 g/mol. The lowest BCUT2D eigenvalue weighted by Gasteiger charge is -2.09. The summed E-state index contributed by atoms with van der Waals surface area (Å²) in [5.74, 6) is -1.74. The van der Waals surface area contributed by atoms with Crippen molar-refractivity contribution in [2.75, 3.05) is 18.4 Å². The summed E-state index contributed by atoms with van der Waals surface area (Å²) in [7, 11) is 0. The number of hydrogen-bond donors (Lipinski definition) is 4. The van der Waals surface area contributed by atoms with Gasteiger partial charge in [-0.25, -0.2) is 4.79 Å². The minimum absolute atomic E-state index is 0.316. The summed E-state index contributed by atoms with van der Waals surface area (Å²) < 4.78 is 0.751. The molecular weight excluding hydrogens is 400 g/mol. The molecule has 1 rings (SSSR count). The zero-order chi connectivity index (χ0) is 15.1. The molecular formula is C11H11ClIN3O4. The van der Waals surface area contributed by atoms with Gasteiger partial charge >= 0.3 is 12.0 Å². The van der Waals surface area contributed by atoms with Gasteiger partial charge in [0.25, 0.3) is 0 Å². The van der Waals surface area contributed by atoms with Crippen molar-refractivity contribution in [1.29, 1.82) is 0 Å². The molecule has 0 aliphatic rings. The van der Waals surface area contributed by atoms with Gasteiger partial charge in [-0.05, 0) is 40.8 Å². The van der Waals surface area contributed by atoms with Gasteiger partial charge < -0.3 is 21.1 Å². The Kier molecular flexibility index (Phi) is 6.52. The van der Waals surface area contributed by atoms with Crippen LogP contribution in [0, 0.1) is 3.57 Å². The molecule has 0 fully saturated rings. The molecule has 0 heterocycles. The van der Waals surface area contributed by atoms with Crippen LogP contribution < -0.4 is 16.0 Å². The first-order valence-electron chi connectivity index (χ1n) is 5.37. The van der Waals surface area contributed by atoms with E-state index >= 15 is 0 Å². The highest BCUT2D eigenvalue weighted by molar-refractivity contribution is 14.1. The lowest BCUT2D eigenvalue weighted by Crippen LogP contribution is -2.40. The van der Waals surface area contributed by atoms with Crippen LogP contribution in [0.1, 0.15) is 0 Å². The number of halogens is 2. The summed E-state index contributed by atoms with van der Waals surface area (Å²) in [4.78, 5) is 32.9. The van der Waals surface area contributed by atoms with Gasteiger partial charge in [0, 0.05) is 8.59 Å². The standard InChI is InChI=1S/C11H11ClIN3O4/c12-6-1-2-8(7(13)3-6)16-11(20)15-4-9(17)14-5-10(18)19/h1-3H,4-5H2,(H,14,17)(H,18,19)(H2,15,16,20). The van der Waals surface area contributed by atoms with Gasteiger partial charge in [-0.2, -0.15) is 0 Å². The highest BCUT2D eigenvalue weighted by Gasteiger charge is 2.08.